The van der Waals surface area contributed by atoms with Gasteiger partial charge in [-0.05, 0) is 17.7 Å². The molecule has 1 aliphatic rings. The Morgan fingerprint density at radius 1 is 1.41 bits per heavy atom. The molecule has 22 heavy (non-hydrogen) atoms. The van der Waals surface area contributed by atoms with E-state index in [1.54, 1.807) is 12.1 Å². The summed E-state index contributed by atoms with van der Waals surface area (Å²) in [4.78, 5) is 15.6. The van der Waals surface area contributed by atoms with Crippen molar-refractivity contribution >= 4 is 32.7 Å². The van der Waals surface area contributed by atoms with E-state index in [0.29, 0.717) is 17.3 Å². The Labute approximate surface area is 127 Å². The van der Waals surface area contributed by atoms with Crippen LogP contribution in [0.2, 0.25) is 0 Å². The van der Waals surface area contributed by atoms with Crippen molar-refractivity contribution in [1.29, 1.82) is 0 Å². The third kappa shape index (κ3) is 2.57. The number of carbonyl (C=O) groups is 1. The number of hydrogen-bond acceptors (Lipinski definition) is 5. The Hall–Kier alpha value is -2.35. The van der Waals surface area contributed by atoms with Gasteiger partial charge in [0.15, 0.2) is 0 Å². The normalized spacial score (nSPS) is 14.9. The lowest BCUT2D eigenvalue weighted by Gasteiger charge is -2.07. The molecule has 1 aromatic carbocycles. The van der Waals surface area contributed by atoms with Crippen molar-refractivity contribution in [3.05, 3.63) is 35.5 Å². The molecule has 7 nitrogen and oxygen atoms in total. The van der Waals surface area contributed by atoms with Crippen molar-refractivity contribution in [2.75, 3.05) is 19.3 Å². The Morgan fingerprint density at radius 2 is 2.18 bits per heavy atom. The summed E-state index contributed by atoms with van der Waals surface area (Å²) in [5.74, 6) is -0.416. The van der Waals surface area contributed by atoms with Crippen LogP contribution in [0.15, 0.2) is 29.3 Å². The fraction of sp³-hybridized carbons (Fsp3) is 0.286. The summed E-state index contributed by atoms with van der Waals surface area (Å²) in [6.45, 7) is 1.54. The maximum Gasteiger partial charge on any atom is 0.353 e. The van der Waals surface area contributed by atoms with Gasteiger partial charge in [-0.2, -0.15) is 0 Å². The summed E-state index contributed by atoms with van der Waals surface area (Å²) in [5.41, 5.74) is 0.988. The Kier molecular flexibility index (Phi) is 3.40. The summed E-state index contributed by atoms with van der Waals surface area (Å²) >= 11 is 0. The van der Waals surface area contributed by atoms with Crippen molar-refractivity contribution < 1.29 is 18.3 Å². The minimum Gasteiger partial charge on any atom is -0.477 e. The average Bonchev–Trinajstić information content (AvgIpc) is 3.04. The molecule has 0 fully saturated rings. The molecule has 0 bridgehead atoms. The second-order valence-electron chi connectivity index (χ2n) is 5.19. The van der Waals surface area contributed by atoms with Crippen LogP contribution in [0.25, 0.3) is 10.9 Å². The molecule has 0 unspecified atom stereocenters. The number of fused-ring (bicyclic) bond motifs is 1. The van der Waals surface area contributed by atoms with Gasteiger partial charge < -0.3 is 10.4 Å². The zero-order valence-corrected chi connectivity index (χ0v) is 12.7. The summed E-state index contributed by atoms with van der Waals surface area (Å²) in [6.07, 6.45) is 1.56. The Bertz CT molecular complexity index is 896. The summed E-state index contributed by atoms with van der Waals surface area (Å²) < 4.78 is 24.8. The van der Waals surface area contributed by atoms with Crippen molar-refractivity contribution in [2.45, 2.75) is 6.42 Å². The van der Waals surface area contributed by atoms with E-state index in [9.17, 15) is 18.3 Å². The first-order chi connectivity index (χ1) is 10.4. The molecule has 0 radical (unpaired) electrons. The minimum absolute atomic E-state index is 0.258. The number of aromatic nitrogens is 1. The van der Waals surface area contributed by atoms with Gasteiger partial charge in [0.05, 0.1) is 18.3 Å². The van der Waals surface area contributed by atoms with Crippen LogP contribution in [0.3, 0.4) is 0 Å². The van der Waals surface area contributed by atoms with Gasteiger partial charge in [-0.3, -0.25) is 4.99 Å². The molecule has 8 heteroatoms. The number of aromatic carboxylic acids is 1. The zero-order valence-electron chi connectivity index (χ0n) is 11.9. The highest BCUT2D eigenvalue weighted by molar-refractivity contribution is 7.89. The van der Waals surface area contributed by atoms with E-state index in [1.807, 2.05) is 6.07 Å². The van der Waals surface area contributed by atoms with Crippen LogP contribution in [0.1, 0.15) is 16.1 Å². The van der Waals surface area contributed by atoms with E-state index in [1.165, 1.54) is 6.07 Å². The zero-order chi connectivity index (χ0) is 15.9. The molecule has 0 saturated carbocycles. The Morgan fingerprint density at radius 3 is 2.77 bits per heavy atom. The quantitative estimate of drug-likeness (QED) is 0.863. The van der Waals surface area contributed by atoms with Gasteiger partial charge in [-0.25, -0.2) is 17.2 Å². The first-order valence-corrected chi connectivity index (χ1v) is 8.56. The van der Waals surface area contributed by atoms with Gasteiger partial charge in [0.25, 0.3) is 0 Å². The topological polar surface area (TPSA) is 101 Å². The second-order valence-corrected chi connectivity index (χ2v) is 7.02. The molecule has 2 N–H and O–H groups in total. The van der Waals surface area contributed by atoms with Crippen LogP contribution < -0.4 is 5.32 Å². The third-order valence-corrected chi connectivity index (χ3v) is 4.55. The van der Waals surface area contributed by atoms with E-state index in [2.05, 4.69) is 10.3 Å². The van der Waals surface area contributed by atoms with Crippen LogP contribution in [0.5, 0.6) is 0 Å². The van der Waals surface area contributed by atoms with E-state index >= 15 is 0 Å². The van der Waals surface area contributed by atoms with E-state index in [-0.39, 0.29) is 5.69 Å². The highest BCUT2D eigenvalue weighted by atomic mass is 32.2. The fourth-order valence-electron chi connectivity index (χ4n) is 2.60. The van der Waals surface area contributed by atoms with Crippen LogP contribution in [-0.4, -0.2) is 48.6 Å². The second kappa shape index (κ2) is 5.13. The molecular formula is C14H15N3O4S. The van der Waals surface area contributed by atoms with E-state index in [0.717, 1.165) is 34.7 Å². The largest absolute Gasteiger partial charge is 0.477 e. The standard InChI is InChI=1S/C14H15N3O4S/c1-22(20,21)17-11-6-9(7-13-15-4-5-16-13)2-3-10(11)8-12(17)14(18)19/h2-3,6,8H,4-5,7H2,1H3,(H,15,16)(H,18,19). The highest BCUT2D eigenvalue weighted by Crippen LogP contribution is 2.23. The maximum absolute atomic E-state index is 12.0. The number of carboxylic acid groups (broad SMARTS) is 1. The van der Waals surface area contributed by atoms with Crippen LogP contribution >= 0.6 is 0 Å². The summed E-state index contributed by atoms with van der Waals surface area (Å²) in [6, 6.07) is 6.65. The summed E-state index contributed by atoms with van der Waals surface area (Å²) in [5, 5.41) is 12.9. The van der Waals surface area contributed by atoms with E-state index in [4.69, 9.17) is 0 Å². The van der Waals surface area contributed by atoms with Gasteiger partial charge in [0, 0.05) is 18.4 Å². The predicted octanol–water partition coefficient (Wildman–Crippen LogP) is 0.691. The third-order valence-electron chi connectivity index (χ3n) is 3.49. The van der Waals surface area contributed by atoms with Crippen LogP contribution in [0.4, 0.5) is 0 Å². The van der Waals surface area contributed by atoms with Gasteiger partial charge in [-0.1, -0.05) is 12.1 Å². The predicted molar refractivity (Wildman–Crippen MR) is 83.1 cm³/mol. The number of nitrogens with one attached hydrogen (secondary N) is 1. The number of rotatable bonds is 4. The van der Waals surface area contributed by atoms with Crippen molar-refractivity contribution in [2.24, 2.45) is 4.99 Å². The molecular weight excluding hydrogens is 306 g/mol. The van der Waals surface area contributed by atoms with Gasteiger partial charge >= 0.3 is 5.97 Å². The van der Waals surface area contributed by atoms with E-state index < -0.39 is 16.0 Å². The fourth-order valence-corrected chi connectivity index (χ4v) is 3.60. The van der Waals surface area contributed by atoms with Crippen molar-refractivity contribution in [3.8, 4) is 0 Å². The SMILES string of the molecule is CS(=O)(=O)n1c(C(=O)O)cc2ccc(CC3=NCCN3)cc21. The molecule has 3 rings (SSSR count). The van der Waals surface area contributed by atoms with Gasteiger partial charge in [-0.15, -0.1) is 0 Å². The number of carboxylic acids is 1. The molecule has 2 heterocycles. The maximum atomic E-state index is 12.0. The van der Waals surface area contributed by atoms with Gasteiger partial charge in [0.2, 0.25) is 10.0 Å². The average molecular weight is 321 g/mol. The number of benzene rings is 1. The van der Waals surface area contributed by atoms with Crippen LogP contribution in [-0.2, 0) is 16.4 Å². The number of hydrogen-bond donors (Lipinski definition) is 2. The number of aliphatic imine (C=N–C) groups is 1. The molecule has 116 valence electrons. The lowest BCUT2D eigenvalue weighted by molar-refractivity contribution is 0.0689. The number of amidine groups is 1. The first kappa shape index (κ1) is 14.6. The Balaban J connectivity index is 2.15. The van der Waals surface area contributed by atoms with Crippen molar-refractivity contribution in [3.63, 3.8) is 0 Å². The minimum atomic E-state index is -3.72. The monoisotopic (exact) mass is 321 g/mol. The molecule has 0 aliphatic carbocycles. The molecule has 0 amide bonds. The highest BCUT2D eigenvalue weighted by Gasteiger charge is 2.21. The molecule has 0 spiro atoms. The molecule has 1 aliphatic heterocycles. The smallest absolute Gasteiger partial charge is 0.353 e. The van der Waals surface area contributed by atoms with Gasteiger partial charge in [0.1, 0.15) is 11.5 Å². The van der Waals surface area contributed by atoms with Crippen LogP contribution in [0, 0.1) is 0 Å². The van der Waals surface area contributed by atoms with Crippen molar-refractivity contribution in [1.82, 2.24) is 9.29 Å². The molecule has 2 aromatic rings. The summed E-state index contributed by atoms with van der Waals surface area (Å²) in [7, 11) is -3.72. The number of nitrogens with zero attached hydrogens (tertiary/aromatic N) is 2. The first-order valence-electron chi connectivity index (χ1n) is 6.71. The molecule has 1 aromatic heterocycles. The lowest BCUT2D eigenvalue weighted by atomic mass is 10.1. The lowest BCUT2D eigenvalue weighted by Crippen LogP contribution is -2.20. The molecule has 0 atom stereocenters. The molecule has 0 saturated heterocycles.